The summed E-state index contributed by atoms with van der Waals surface area (Å²) in [5, 5.41) is 11.1. The van der Waals surface area contributed by atoms with Crippen LogP contribution in [0.5, 0.6) is 0 Å². The van der Waals surface area contributed by atoms with E-state index >= 15 is 0 Å². The van der Waals surface area contributed by atoms with Crippen LogP contribution in [-0.2, 0) is 32.3 Å². The molecule has 0 aromatic heterocycles. The fraction of sp³-hybridized carbons (Fsp3) is 0.500. The first-order chi connectivity index (χ1) is 22.1. The first-order valence-corrected chi connectivity index (χ1v) is 17.7. The summed E-state index contributed by atoms with van der Waals surface area (Å²) in [5.74, 6) is -0.247. The monoisotopic (exact) mass is 676 g/mol. The topological polar surface area (TPSA) is 141 Å². The van der Waals surface area contributed by atoms with Gasteiger partial charge in [-0.1, -0.05) is 82.3 Å². The molecule has 0 heterocycles. The first kappa shape index (κ1) is 38.7. The summed E-state index contributed by atoms with van der Waals surface area (Å²) in [4.78, 5) is 55.2. The van der Waals surface area contributed by atoms with E-state index in [1.165, 1.54) is 21.6 Å². The molecule has 0 saturated carbocycles. The van der Waals surface area contributed by atoms with Gasteiger partial charge in [-0.05, 0) is 65.2 Å². The third kappa shape index (κ3) is 17.9. The molecule has 0 aliphatic rings. The molecular weight excluding hydrogens is 629 g/mol. The van der Waals surface area contributed by atoms with Gasteiger partial charge in [-0.25, -0.2) is 9.59 Å². The fourth-order valence-corrected chi connectivity index (χ4v) is 6.20. The molecule has 4 amide bonds. The molecule has 14 heteroatoms. The van der Waals surface area contributed by atoms with Gasteiger partial charge < -0.3 is 40.5 Å². The largest absolute Gasteiger partial charge is 0.445 e. The number of rotatable bonds is 21. The molecule has 0 aliphatic heterocycles. The first-order valence-electron chi connectivity index (χ1n) is 15.2. The zero-order valence-electron chi connectivity index (χ0n) is 27.2. The van der Waals surface area contributed by atoms with Crippen LogP contribution in [0.2, 0.25) is 0 Å². The van der Waals surface area contributed by atoms with Crippen LogP contribution >= 0.6 is 21.6 Å². The highest BCUT2D eigenvalue weighted by Crippen LogP contribution is 2.23. The number of hydrogen-bond donors (Lipinski definition) is 4. The molecule has 12 nitrogen and oxygen atoms in total. The van der Waals surface area contributed by atoms with E-state index in [-0.39, 0.29) is 36.5 Å². The summed E-state index contributed by atoms with van der Waals surface area (Å²) in [7, 11) is 10.4. The Morgan fingerprint density at radius 2 is 1.00 bits per heavy atom. The fourth-order valence-electron chi connectivity index (χ4n) is 3.87. The number of nitrogens with zero attached hydrogens (tertiary/aromatic N) is 2. The normalized spacial score (nSPS) is 12.2. The van der Waals surface area contributed by atoms with Crippen LogP contribution in [-0.4, -0.2) is 112 Å². The van der Waals surface area contributed by atoms with Crippen LogP contribution in [0.15, 0.2) is 60.7 Å². The van der Waals surface area contributed by atoms with Crippen molar-refractivity contribution in [1.82, 2.24) is 31.1 Å². The van der Waals surface area contributed by atoms with Crippen molar-refractivity contribution in [2.75, 3.05) is 65.9 Å². The van der Waals surface area contributed by atoms with Crippen molar-refractivity contribution in [3.05, 3.63) is 71.8 Å². The number of ether oxygens (including phenoxy) is 2. The van der Waals surface area contributed by atoms with Gasteiger partial charge in [0.25, 0.3) is 0 Å². The molecule has 2 rings (SSSR count). The van der Waals surface area contributed by atoms with E-state index in [1.807, 2.05) is 98.7 Å². The van der Waals surface area contributed by atoms with E-state index in [9.17, 15) is 19.2 Å². The molecule has 4 N–H and O–H groups in total. The lowest BCUT2D eigenvalue weighted by atomic mass is 10.2. The molecule has 2 aromatic carbocycles. The molecule has 0 aliphatic carbocycles. The smallest absolute Gasteiger partial charge is 0.408 e. The average molecular weight is 677 g/mol. The maximum Gasteiger partial charge on any atom is 0.408 e. The minimum absolute atomic E-state index is 0.0725. The maximum atomic E-state index is 13.0. The highest BCUT2D eigenvalue weighted by atomic mass is 33.1. The Balaban J connectivity index is 1.94. The molecule has 0 spiro atoms. The SMILES string of the molecule is CN(C)CCCNC(=O)C(CSSCC(NC(=O)OCc1ccccc1)C(=O)NCCCN(C)C)NC(=O)OCc1ccccc1. The zero-order chi connectivity index (χ0) is 33.6. The quantitative estimate of drug-likeness (QED) is 0.115. The number of nitrogens with one attached hydrogen (secondary N) is 4. The van der Waals surface area contributed by atoms with Crippen LogP contribution in [0.4, 0.5) is 9.59 Å². The van der Waals surface area contributed by atoms with Crippen LogP contribution in [0, 0.1) is 0 Å². The van der Waals surface area contributed by atoms with Gasteiger partial charge in [-0.2, -0.15) is 0 Å². The lowest BCUT2D eigenvalue weighted by Crippen LogP contribution is -2.49. The van der Waals surface area contributed by atoms with Gasteiger partial charge in [0.05, 0.1) is 0 Å². The lowest BCUT2D eigenvalue weighted by Gasteiger charge is -2.20. The van der Waals surface area contributed by atoms with Gasteiger partial charge in [-0.15, -0.1) is 0 Å². The van der Waals surface area contributed by atoms with Crippen molar-refractivity contribution in [1.29, 1.82) is 0 Å². The van der Waals surface area contributed by atoms with E-state index in [2.05, 4.69) is 21.3 Å². The van der Waals surface area contributed by atoms with E-state index in [1.54, 1.807) is 0 Å². The second-order valence-electron chi connectivity index (χ2n) is 11.0. The predicted molar refractivity (Wildman–Crippen MR) is 184 cm³/mol. The van der Waals surface area contributed by atoms with Gasteiger partial charge in [-0.3, -0.25) is 9.59 Å². The molecular formula is C32H48N6O6S2. The molecule has 0 fully saturated rings. The van der Waals surface area contributed by atoms with E-state index in [4.69, 9.17) is 9.47 Å². The molecule has 46 heavy (non-hydrogen) atoms. The highest BCUT2D eigenvalue weighted by molar-refractivity contribution is 8.76. The molecule has 0 bridgehead atoms. The Hall–Kier alpha value is -3.46. The van der Waals surface area contributed by atoms with Crippen LogP contribution < -0.4 is 21.3 Å². The summed E-state index contributed by atoms with van der Waals surface area (Å²) in [5.41, 5.74) is 1.65. The number of carbonyl (C=O) groups is 4. The molecule has 254 valence electrons. The third-order valence-corrected chi connectivity index (χ3v) is 8.78. The number of carbonyl (C=O) groups excluding carboxylic acids is 4. The zero-order valence-corrected chi connectivity index (χ0v) is 28.8. The summed E-state index contributed by atoms with van der Waals surface area (Å²) in [6.07, 6.45) is 0.0909. The summed E-state index contributed by atoms with van der Waals surface area (Å²) >= 11 is 0. The Kier molecular flexibility index (Phi) is 19.3. The maximum absolute atomic E-state index is 13.0. The molecule has 2 unspecified atom stereocenters. The van der Waals surface area contributed by atoms with Crippen LogP contribution in [0.1, 0.15) is 24.0 Å². The minimum Gasteiger partial charge on any atom is -0.445 e. The molecule has 0 radical (unpaired) electrons. The van der Waals surface area contributed by atoms with Gasteiger partial charge in [0.2, 0.25) is 11.8 Å². The number of hydrogen-bond acceptors (Lipinski definition) is 10. The van der Waals surface area contributed by atoms with Crippen molar-refractivity contribution < 1.29 is 28.7 Å². The summed E-state index contributed by atoms with van der Waals surface area (Å²) in [6, 6.07) is 16.8. The van der Waals surface area contributed by atoms with E-state index in [0.717, 1.165) is 37.1 Å². The van der Waals surface area contributed by atoms with Crippen LogP contribution in [0.3, 0.4) is 0 Å². The molecule has 2 atom stereocenters. The summed E-state index contributed by atoms with van der Waals surface area (Å²) < 4.78 is 10.7. The second-order valence-corrected chi connectivity index (χ2v) is 13.5. The van der Waals surface area contributed by atoms with Crippen molar-refractivity contribution in [3.63, 3.8) is 0 Å². The van der Waals surface area contributed by atoms with Crippen molar-refractivity contribution in [3.8, 4) is 0 Å². The number of alkyl carbamates (subject to hydrolysis) is 2. The summed E-state index contributed by atoms with van der Waals surface area (Å²) in [6.45, 7) is 2.67. The third-order valence-electron chi connectivity index (χ3n) is 6.36. The van der Waals surface area contributed by atoms with E-state index < -0.39 is 24.3 Å². The van der Waals surface area contributed by atoms with Gasteiger partial charge >= 0.3 is 12.2 Å². The van der Waals surface area contributed by atoms with E-state index in [0.29, 0.717) is 13.1 Å². The Bertz CT molecular complexity index is 1080. The van der Waals surface area contributed by atoms with Gasteiger partial charge in [0, 0.05) is 24.6 Å². The Morgan fingerprint density at radius 1 is 0.630 bits per heavy atom. The number of benzene rings is 2. The second kappa shape index (κ2) is 23.0. The van der Waals surface area contributed by atoms with Crippen molar-refractivity contribution in [2.24, 2.45) is 0 Å². The molecule has 2 aromatic rings. The predicted octanol–water partition coefficient (Wildman–Crippen LogP) is 3.09. The number of amides is 4. The molecule has 0 saturated heterocycles. The highest BCUT2D eigenvalue weighted by Gasteiger charge is 2.24. The Labute approximate surface area is 280 Å². The lowest BCUT2D eigenvalue weighted by molar-refractivity contribution is -0.123. The standard InChI is InChI=1S/C32H48N6O6S2/c1-37(2)19-11-17-33-29(39)27(35-31(41)43-21-25-13-7-5-8-14-25)23-45-46-24-28(30(40)34-18-12-20-38(3)4)36-32(42)44-22-26-15-9-6-10-16-26/h5-10,13-16,27-28H,11-12,17-24H2,1-4H3,(H,33,39)(H,34,40)(H,35,41)(H,36,42). The minimum atomic E-state index is -0.873. The van der Waals surface area contributed by atoms with Crippen LogP contribution in [0.25, 0.3) is 0 Å². The van der Waals surface area contributed by atoms with Crippen molar-refractivity contribution >= 4 is 45.6 Å². The van der Waals surface area contributed by atoms with Gasteiger partial charge in [0.1, 0.15) is 25.3 Å². The average Bonchev–Trinajstić information content (AvgIpc) is 3.04. The van der Waals surface area contributed by atoms with Gasteiger partial charge in [0.15, 0.2) is 0 Å². The van der Waals surface area contributed by atoms with Crippen molar-refractivity contribution in [2.45, 2.75) is 38.1 Å². The Morgan fingerprint density at radius 3 is 1.35 bits per heavy atom.